The Labute approximate surface area is 231 Å². The average molecular weight is 548 g/mol. The fraction of sp³-hybridized carbons (Fsp3) is 0.355. The predicted octanol–water partition coefficient (Wildman–Crippen LogP) is 4.97. The van der Waals surface area contributed by atoms with Gasteiger partial charge in [0.2, 0.25) is 11.8 Å². The van der Waals surface area contributed by atoms with Crippen LogP contribution in [0.1, 0.15) is 49.3 Å². The summed E-state index contributed by atoms with van der Waals surface area (Å²) in [6, 6.07) is 22.3. The molecule has 0 aromatic heterocycles. The molecule has 0 aliphatic heterocycles. The van der Waals surface area contributed by atoms with Crippen LogP contribution in [0.15, 0.2) is 83.8 Å². The lowest BCUT2D eigenvalue weighted by atomic mass is 10.1. The molecule has 8 heteroatoms. The number of sulfonamides is 1. The van der Waals surface area contributed by atoms with E-state index in [9.17, 15) is 18.0 Å². The second kappa shape index (κ2) is 12.5. The first-order valence-corrected chi connectivity index (χ1v) is 14.9. The van der Waals surface area contributed by atoms with Crippen LogP contribution in [0.3, 0.4) is 0 Å². The Kier molecular flexibility index (Phi) is 9.07. The molecular weight excluding hydrogens is 510 g/mol. The molecule has 39 heavy (non-hydrogen) atoms. The van der Waals surface area contributed by atoms with Crippen molar-refractivity contribution >= 4 is 27.5 Å². The maximum atomic E-state index is 14.0. The Morgan fingerprint density at radius 3 is 2.15 bits per heavy atom. The first-order valence-electron chi connectivity index (χ1n) is 13.5. The summed E-state index contributed by atoms with van der Waals surface area (Å²) in [7, 11) is -4.07. The van der Waals surface area contributed by atoms with E-state index in [4.69, 9.17) is 0 Å². The van der Waals surface area contributed by atoms with Crippen LogP contribution < -0.4 is 9.62 Å². The van der Waals surface area contributed by atoms with Crippen LogP contribution in [0.25, 0.3) is 0 Å². The molecule has 4 rings (SSSR count). The second-order valence-electron chi connectivity index (χ2n) is 10.3. The van der Waals surface area contributed by atoms with Gasteiger partial charge in [-0.25, -0.2) is 8.42 Å². The Balaban J connectivity index is 1.69. The summed E-state index contributed by atoms with van der Waals surface area (Å²) >= 11 is 0. The van der Waals surface area contributed by atoms with Gasteiger partial charge in [-0.1, -0.05) is 79.1 Å². The van der Waals surface area contributed by atoms with Crippen LogP contribution in [0.5, 0.6) is 0 Å². The molecule has 2 amide bonds. The van der Waals surface area contributed by atoms with Crippen LogP contribution in [-0.4, -0.2) is 43.8 Å². The van der Waals surface area contributed by atoms with Gasteiger partial charge in [0.05, 0.1) is 10.6 Å². The van der Waals surface area contributed by atoms with E-state index >= 15 is 0 Å². The number of carbonyl (C=O) groups is 2. The number of nitrogens with zero attached hydrogens (tertiary/aromatic N) is 2. The molecule has 1 unspecified atom stereocenters. The van der Waals surface area contributed by atoms with Crippen LogP contribution in [0, 0.1) is 13.8 Å². The highest BCUT2D eigenvalue weighted by Crippen LogP contribution is 2.28. The lowest BCUT2D eigenvalue weighted by molar-refractivity contribution is -0.139. The number of nitrogens with one attached hydrogen (secondary N) is 1. The predicted molar refractivity (Wildman–Crippen MR) is 154 cm³/mol. The van der Waals surface area contributed by atoms with E-state index in [2.05, 4.69) is 5.32 Å². The minimum absolute atomic E-state index is 0.0967. The van der Waals surface area contributed by atoms with E-state index in [1.54, 1.807) is 31.2 Å². The topological polar surface area (TPSA) is 86.8 Å². The average Bonchev–Trinajstić information content (AvgIpc) is 3.44. The van der Waals surface area contributed by atoms with Crippen LogP contribution in [0.4, 0.5) is 5.69 Å². The molecule has 0 bridgehead atoms. The molecule has 1 fully saturated rings. The molecule has 7 nitrogen and oxygen atoms in total. The van der Waals surface area contributed by atoms with Crippen molar-refractivity contribution < 1.29 is 18.0 Å². The van der Waals surface area contributed by atoms with Gasteiger partial charge in [0.1, 0.15) is 12.6 Å². The molecule has 206 valence electrons. The number of rotatable bonds is 10. The quantitative estimate of drug-likeness (QED) is 0.388. The summed E-state index contributed by atoms with van der Waals surface area (Å²) in [4.78, 5) is 28.9. The summed E-state index contributed by atoms with van der Waals surface area (Å²) in [5, 5.41) is 3.09. The van der Waals surface area contributed by atoms with Gasteiger partial charge in [-0.05, 0) is 62.9 Å². The summed E-state index contributed by atoms with van der Waals surface area (Å²) in [5.41, 5.74) is 3.02. The fourth-order valence-electron chi connectivity index (χ4n) is 5.07. The smallest absolute Gasteiger partial charge is 0.264 e. The summed E-state index contributed by atoms with van der Waals surface area (Å²) in [5.74, 6) is -0.678. The summed E-state index contributed by atoms with van der Waals surface area (Å²) < 4.78 is 29.0. The van der Waals surface area contributed by atoms with Gasteiger partial charge >= 0.3 is 0 Å². The number of aryl methyl sites for hydroxylation is 2. The molecule has 0 spiro atoms. The molecule has 1 aliphatic carbocycles. The van der Waals surface area contributed by atoms with Gasteiger partial charge in [0, 0.05) is 12.6 Å². The van der Waals surface area contributed by atoms with Gasteiger partial charge in [-0.2, -0.15) is 0 Å². The monoisotopic (exact) mass is 547 g/mol. The lowest BCUT2D eigenvalue weighted by Gasteiger charge is -2.33. The van der Waals surface area contributed by atoms with Crippen LogP contribution in [-0.2, 0) is 26.2 Å². The van der Waals surface area contributed by atoms with E-state index in [0.29, 0.717) is 5.69 Å². The zero-order valence-electron chi connectivity index (χ0n) is 22.8. The number of anilines is 1. The normalized spacial score (nSPS) is 14.5. The molecule has 0 radical (unpaired) electrons. The highest BCUT2D eigenvalue weighted by Gasteiger charge is 2.33. The van der Waals surface area contributed by atoms with Crippen LogP contribution in [0.2, 0.25) is 0 Å². The summed E-state index contributed by atoms with van der Waals surface area (Å²) in [6.07, 6.45) is 4.02. The SMILES string of the molecule is Cc1ccc(N(CC(=O)N(Cc2ccccc2)C(C)C(=O)NC2CCCC2)S(=O)(=O)c2ccccc2)c(C)c1. The van der Waals surface area contributed by atoms with Crippen molar-refractivity contribution in [2.45, 2.75) is 70.0 Å². The Hall–Kier alpha value is -3.65. The van der Waals surface area contributed by atoms with Gasteiger partial charge in [-0.15, -0.1) is 0 Å². The molecule has 1 saturated carbocycles. The third kappa shape index (κ3) is 6.87. The minimum atomic E-state index is -4.07. The van der Waals surface area contributed by atoms with Gasteiger partial charge in [-0.3, -0.25) is 13.9 Å². The number of benzene rings is 3. The zero-order valence-corrected chi connectivity index (χ0v) is 23.7. The minimum Gasteiger partial charge on any atom is -0.352 e. The van der Waals surface area contributed by atoms with Gasteiger partial charge in [0.25, 0.3) is 10.0 Å². The molecule has 0 saturated heterocycles. The molecule has 0 heterocycles. The third-order valence-electron chi connectivity index (χ3n) is 7.30. The van der Waals surface area contributed by atoms with Crippen molar-refractivity contribution in [1.82, 2.24) is 10.2 Å². The number of hydrogen-bond donors (Lipinski definition) is 1. The Morgan fingerprint density at radius 2 is 1.54 bits per heavy atom. The van der Waals surface area contributed by atoms with Crippen molar-refractivity contribution in [3.05, 3.63) is 95.6 Å². The van der Waals surface area contributed by atoms with E-state index in [-0.39, 0.29) is 23.4 Å². The largest absolute Gasteiger partial charge is 0.352 e. The molecule has 1 N–H and O–H groups in total. The van der Waals surface area contributed by atoms with Crippen LogP contribution >= 0.6 is 0 Å². The zero-order chi connectivity index (χ0) is 28.0. The van der Waals surface area contributed by atoms with E-state index < -0.39 is 28.5 Å². The standard InChI is InChI=1S/C31H37N3O4S/c1-23-18-19-29(24(2)20-23)34(39(37,38)28-16-8-5-9-17-28)22-30(35)33(21-26-12-6-4-7-13-26)25(3)31(36)32-27-14-10-11-15-27/h4-9,12-13,16-20,25,27H,10-11,14-15,21-22H2,1-3H3,(H,32,36). The first kappa shape index (κ1) is 28.4. The highest BCUT2D eigenvalue weighted by molar-refractivity contribution is 7.92. The number of carbonyl (C=O) groups excluding carboxylic acids is 2. The van der Waals surface area contributed by atoms with Crippen molar-refractivity contribution in [1.29, 1.82) is 0 Å². The second-order valence-corrected chi connectivity index (χ2v) is 12.2. The number of hydrogen-bond acceptors (Lipinski definition) is 4. The fourth-order valence-corrected chi connectivity index (χ4v) is 6.57. The van der Waals surface area contributed by atoms with Crippen molar-refractivity contribution in [3.8, 4) is 0 Å². The van der Waals surface area contributed by atoms with Gasteiger partial charge in [0.15, 0.2) is 0 Å². The van der Waals surface area contributed by atoms with Crippen molar-refractivity contribution in [3.63, 3.8) is 0 Å². The lowest BCUT2D eigenvalue weighted by Crippen LogP contribution is -2.52. The highest BCUT2D eigenvalue weighted by atomic mass is 32.2. The van der Waals surface area contributed by atoms with E-state index in [0.717, 1.165) is 42.4 Å². The molecule has 3 aromatic rings. The van der Waals surface area contributed by atoms with Gasteiger partial charge < -0.3 is 10.2 Å². The molecule has 3 aromatic carbocycles. The third-order valence-corrected chi connectivity index (χ3v) is 9.07. The first-order chi connectivity index (χ1) is 18.7. The van der Waals surface area contributed by atoms with Crippen molar-refractivity contribution in [2.75, 3.05) is 10.8 Å². The molecule has 1 atom stereocenters. The Morgan fingerprint density at radius 1 is 0.923 bits per heavy atom. The molecule has 1 aliphatic rings. The van der Waals surface area contributed by atoms with Crippen molar-refractivity contribution in [2.24, 2.45) is 0 Å². The van der Waals surface area contributed by atoms with E-state index in [1.165, 1.54) is 21.3 Å². The maximum absolute atomic E-state index is 14.0. The van der Waals surface area contributed by atoms with E-state index in [1.807, 2.05) is 56.3 Å². The Bertz CT molecular complexity index is 1390. The molecular formula is C31H37N3O4S. The number of amides is 2. The summed E-state index contributed by atoms with van der Waals surface area (Å²) in [6.45, 7) is 5.22. The maximum Gasteiger partial charge on any atom is 0.264 e.